The van der Waals surface area contributed by atoms with Crippen molar-refractivity contribution in [1.29, 1.82) is 0 Å². The van der Waals surface area contributed by atoms with Crippen LogP contribution in [-0.4, -0.2) is 58.2 Å². The van der Waals surface area contributed by atoms with Gasteiger partial charge >= 0.3 is 5.97 Å². The van der Waals surface area contributed by atoms with Gasteiger partial charge in [0.25, 0.3) is 5.91 Å². The van der Waals surface area contributed by atoms with Crippen molar-refractivity contribution in [2.24, 2.45) is 0 Å². The van der Waals surface area contributed by atoms with Crippen LogP contribution in [0.15, 0.2) is 78.9 Å². The summed E-state index contributed by atoms with van der Waals surface area (Å²) in [7, 11) is 3.09. The first-order chi connectivity index (χ1) is 22.0. The van der Waals surface area contributed by atoms with E-state index in [4.69, 9.17) is 14.6 Å². The SMILES string of the molecule is COc1ccc(CNC(=O)c2c(-c3ccccc3)c(-c3ccc(F)cc3)c(C=CC(O)CC(O)CC(=O)O)n2C(C)C)cc1OC. The summed E-state index contributed by atoms with van der Waals surface area (Å²) in [6.45, 7) is 4.05. The molecule has 1 amide bonds. The van der Waals surface area contributed by atoms with E-state index in [2.05, 4.69) is 5.32 Å². The summed E-state index contributed by atoms with van der Waals surface area (Å²) >= 11 is 0. The van der Waals surface area contributed by atoms with E-state index in [1.807, 2.05) is 54.8 Å². The molecule has 0 saturated carbocycles. The fraction of sp³-hybridized carbons (Fsp3) is 0.278. The van der Waals surface area contributed by atoms with E-state index in [1.165, 1.54) is 25.3 Å². The highest BCUT2D eigenvalue weighted by molar-refractivity contribution is 6.06. The molecule has 4 aromatic rings. The van der Waals surface area contributed by atoms with Crippen molar-refractivity contribution >= 4 is 18.0 Å². The summed E-state index contributed by atoms with van der Waals surface area (Å²) in [6.07, 6.45) is 0.00969. The van der Waals surface area contributed by atoms with Crippen LogP contribution in [0.4, 0.5) is 4.39 Å². The smallest absolute Gasteiger partial charge is 0.305 e. The number of carboxylic acids is 1. The van der Waals surface area contributed by atoms with Crippen LogP contribution < -0.4 is 14.8 Å². The van der Waals surface area contributed by atoms with Crippen LogP contribution in [0, 0.1) is 5.82 Å². The minimum Gasteiger partial charge on any atom is -0.493 e. The van der Waals surface area contributed by atoms with Gasteiger partial charge < -0.3 is 34.7 Å². The van der Waals surface area contributed by atoms with E-state index in [1.54, 1.807) is 37.5 Å². The van der Waals surface area contributed by atoms with Gasteiger partial charge in [-0.1, -0.05) is 54.6 Å². The zero-order valence-corrected chi connectivity index (χ0v) is 26.2. The Morgan fingerprint density at radius 3 is 2.17 bits per heavy atom. The molecule has 0 bridgehead atoms. The van der Waals surface area contributed by atoms with Crippen LogP contribution in [0.5, 0.6) is 11.5 Å². The molecule has 0 spiro atoms. The third-order valence-corrected chi connectivity index (χ3v) is 7.47. The van der Waals surface area contributed by atoms with Gasteiger partial charge in [0, 0.05) is 35.8 Å². The fourth-order valence-corrected chi connectivity index (χ4v) is 5.43. The molecule has 0 saturated heterocycles. The number of amides is 1. The largest absolute Gasteiger partial charge is 0.493 e. The minimum atomic E-state index is -1.25. The van der Waals surface area contributed by atoms with Crippen molar-refractivity contribution < 1.29 is 38.8 Å². The summed E-state index contributed by atoms with van der Waals surface area (Å²) in [4.78, 5) is 25.3. The average molecular weight is 631 g/mol. The fourth-order valence-electron chi connectivity index (χ4n) is 5.43. The maximum atomic E-state index is 14.2. The molecule has 3 aromatic carbocycles. The topological polar surface area (TPSA) is 130 Å². The van der Waals surface area contributed by atoms with Crippen LogP contribution in [0.3, 0.4) is 0 Å². The summed E-state index contributed by atoms with van der Waals surface area (Å²) < 4.78 is 26.7. The molecule has 2 unspecified atom stereocenters. The molecule has 46 heavy (non-hydrogen) atoms. The van der Waals surface area contributed by atoms with Gasteiger partial charge in [0.05, 0.1) is 32.8 Å². The lowest BCUT2D eigenvalue weighted by Gasteiger charge is -2.17. The van der Waals surface area contributed by atoms with Crippen molar-refractivity contribution in [3.05, 3.63) is 102 Å². The Kier molecular flexibility index (Phi) is 11.3. The highest BCUT2D eigenvalue weighted by Crippen LogP contribution is 2.42. The molecule has 0 aliphatic rings. The molecular formula is C36H39FN2O7. The maximum Gasteiger partial charge on any atom is 0.305 e. The Hall–Kier alpha value is -4.93. The lowest BCUT2D eigenvalue weighted by atomic mass is 9.94. The predicted molar refractivity (Wildman–Crippen MR) is 174 cm³/mol. The standard InChI is InChI=1S/C36H39FN2O7/c1-22(2)39-29(16-15-27(40)19-28(41)20-32(42)43)33(25-11-13-26(37)14-12-25)34(24-8-6-5-7-9-24)35(39)36(44)38-21-23-10-17-30(45-3)31(18-23)46-4/h5-18,22,27-28,40-41H,19-21H2,1-4H3,(H,38,44)(H,42,43). The number of halogens is 1. The second-order valence-electron chi connectivity index (χ2n) is 11.1. The Morgan fingerprint density at radius 2 is 1.57 bits per heavy atom. The molecule has 0 aliphatic carbocycles. The number of benzene rings is 3. The van der Waals surface area contributed by atoms with Crippen molar-refractivity contribution in [3.63, 3.8) is 0 Å². The molecule has 4 N–H and O–H groups in total. The van der Waals surface area contributed by atoms with Crippen molar-refractivity contribution in [3.8, 4) is 33.8 Å². The Labute approximate surface area is 267 Å². The first-order valence-corrected chi connectivity index (χ1v) is 14.9. The molecule has 0 radical (unpaired) electrons. The zero-order valence-electron chi connectivity index (χ0n) is 26.2. The van der Waals surface area contributed by atoms with Crippen LogP contribution in [0.1, 0.15) is 54.5 Å². The van der Waals surface area contributed by atoms with Crippen LogP contribution in [0.2, 0.25) is 0 Å². The van der Waals surface area contributed by atoms with E-state index in [0.29, 0.717) is 39.6 Å². The maximum absolute atomic E-state index is 14.2. The number of nitrogens with zero attached hydrogens (tertiary/aromatic N) is 1. The lowest BCUT2D eigenvalue weighted by molar-refractivity contribution is -0.139. The second-order valence-corrected chi connectivity index (χ2v) is 11.1. The van der Waals surface area contributed by atoms with E-state index in [0.717, 1.165) is 11.1 Å². The number of aliphatic hydroxyl groups is 2. The average Bonchev–Trinajstić information content (AvgIpc) is 3.38. The van der Waals surface area contributed by atoms with Gasteiger partial charge in [-0.15, -0.1) is 0 Å². The first-order valence-electron chi connectivity index (χ1n) is 14.9. The summed E-state index contributed by atoms with van der Waals surface area (Å²) in [5.41, 5.74) is 4.39. The third-order valence-electron chi connectivity index (χ3n) is 7.47. The Balaban J connectivity index is 1.88. The second kappa shape index (κ2) is 15.4. The van der Waals surface area contributed by atoms with E-state index in [9.17, 15) is 24.2 Å². The number of aromatic nitrogens is 1. The Morgan fingerprint density at radius 1 is 0.913 bits per heavy atom. The van der Waals surface area contributed by atoms with Gasteiger partial charge in [0.1, 0.15) is 11.5 Å². The molecule has 242 valence electrons. The number of methoxy groups -OCH3 is 2. The quantitative estimate of drug-likeness (QED) is 0.133. The highest BCUT2D eigenvalue weighted by Gasteiger charge is 2.29. The van der Waals surface area contributed by atoms with Gasteiger partial charge in [-0.2, -0.15) is 0 Å². The normalized spacial score (nSPS) is 12.7. The van der Waals surface area contributed by atoms with E-state index in [-0.39, 0.29) is 24.9 Å². The third kappa shape index (κ3) is 8.01. The summed E-state index contributed by atoms with van der Waals surface area (Å²) in [5.74, 6) is -0.852. The number of aliphatic carboxylic acids is 1. The number of hydrogen-bond donors (Lipinski definition) is 4. The molecule has 2 atom stereocenters. The number of ether oxygens (including phenoxy) is 2. The summed E-state index contributed by atoms with van der Waals surface area (Å²) in [6, 6.07) is 20.5. The van der Waals surface area contributed by atoms with Crippen LogP contribution in [-0.2, 0) is 11.3 Å². The number of carboxylic acid groups (broad SMARTS) is 1. The van der Waals surface area contributed by atoms with E-state index < -0.39 is 30.4 Å². The van der Waals surface area contributed by atoms with Gasteiger partial charge in [-0.3, -0.25) is 9.59 Å². The van der Waals surface area contributed by atoms with Gasteiger partial charge in [-0.25, -0.2) is 4.39 Å². The number of nitrogens with one attached hydrogen (secondary N) is 1. The van der Waals surface area contributed by atoms with Crippen molar-refractivity contribution in [2.45, 2.75) is 51.5 Å². The molecule has 1 aromatic heterocycles. The van der Waals surface area contributed by atoms with Gasteiger partial charge in [0.15, 0.2) is 11.5 Å². The van der Waals surface area contributed by atoms with Crippen molar-refractivity contribution in [1.82, 2.24) is 9.88 Å². The molecule has 0 fully saturated rings. The number of carbonyl (C=O) groups excluding carboxylic acids is 1. The number of carbonyl (C=O) groups is 2. The van der Waals surface area contributed by atoms with Crippen LogP contribution >= 0.6 is 0 Å². The molecule has 0 aliphatic heterocycles. The predicted octanol–water partition coefficient (Wildman–Crippen LogP) is 6.09. The molecular weight excluding hydrogens is 591 g/mol. The molecule has 4 rings (SSSR count). The molecule has 9 nitrogen and oxygen atoms in total. The lowest BCUT2D eigenvalue weighted by Crippen LogP contribution is -2.27. The minimum absolute atomic E-state index is 0.188. The highest BCUT2D eigenvalue weighted by atomic mass is 19.1. The monoisotopic (exact) mass is 630 g/mol. The van der Waals surface area contributed by atoms with E-state index >= 15 is 0 Å². The zero-order chi connectivity index (χ0) is 33.4. The number of hydrogen-bond acceptors (Lipinski definition) is 6. The van der Waals surface area contributed by atoms with Crippen LogP contribution in [0.25, 0.3) is 28.3 Å². The molecule has 1 heterocycles. The first kappa shape index (κ1) is 34.0. The van der Waals surface area contributed by atoms with Crippen molar-refractivity contribution in [2.75, 3.05) is 14.2 Å². The molecule has 10 heteroatoms. The summed E-state index contributed by atoms with van der Waals surface area (Å²) in [5, 5.41) is 32.9. The Bertz CT molecular complexity index is 1680. The van der Waals surface area contributed by atoms with Gasteiger partial charge in [-0.05, 0) is 60.9 Å². The van der Waals surface area contributed by atoms with Gasteiger partial charge in [0.2, 0.25) is 0 Å². The number of rotatable bonds is 14. The number of aliphatic hydroxyl groups excluding tert-OH is 2.